The Morgan fingerprint density at radius 3 is 2.46 bits per heavy atom. The number of benzene rings is 2. The van der Waals surface area contributed by atoms with Gasteiger partial charge in [-0.2, -0.15) is 0 Å². The van der Waals surface area contributed by atoms with Gasteiger partial charge in [-0.15, -0.1) is 5.10 Å². The highest BCUT2D eigenvalue weighted by molar-refractivity contribution is 5.69. The first-order valence-corrected chi connectivity index (χ1v) is 7.45. The van der Waals surface area contributed by atoms with Crippen LogP contribution in [0.5, 0.6) is 5.88 Å². The minimum Gasteiger partial charge on any atom is -0.471 e. The molecule has 1 heterocycles. The van der Waals surface area contributed by atoms with E-state index in [1.165, 1.54) is 12.1 Å². The quantitative estimate of drug-likeness (QED) is 0.510. The first-order chi connectivity index (χ1) is 11.7. The first-order valence-electron chi connectivity index (χ1n) is 7.45. The van der Waals surface area contributed by atoms with E-state index in [2.05, 4.69) is 12.0 Å². The molecule has 0 amide bonds. The van der Waals surface area contributed by atoms with Gasteiger partial charge in [-0.3, -0.25) is 14.8 Å². The molecule has 0 unspecified atom stereocenters. The van der Waals surface area contributed by atoms with Crippen molar-refractivity contribution in [2.24, 2.45) is 0 Å². The van der Waals surface area contributed by atoms with E-state index in [9.17, 15) is 10.1 Å². The molecule has 0 aliphatic carbocycles. The summed E-state index contributed by atoms with van der Waals surface area (Å²) in [6.07, 6.45) is 1.83. The van der Waals surface area contributed by atoms with E-state index in [1.54, 1.807) is 16.8 Å². The summed E-state index contributed by atoms with van der Waals surface area (Å²) in [6, 6.07) is 16.1. The molecular weight excluding hydrogens is 306 g/mol. The third kappa shape index (κ3) is 3.43. The van der Waals surface area contributed by atoms with Gasteiger partial charge in [0.2, 0.25) is 5.88 Å². The fourth-order valence-corrected chi connectivity index (χ4v) is 2.31. The van der Waals surface area contributed by atoms with Crippen molar-refractivity contribution in [3.05, 3.63) is 83.4 Å². The molecule has 3 aromatic rings. The van der Waals surface area contributed by atoms with Gasteiger partial charge in [0.25, 0.3) is 5.69 Å². The second kappa shape index (κ2) is 6.95. The predicted molar refractivity (Wildman–Crippen MR) is 90.4 cm³/mol. The average Bonchev–Trinajstić information content (AvgIpc) is 3.04. The number of nitrogens with zero attached hydrogens (tertiary/aromatic N) is 3. The lowest BCUT2D eigenvalue weighted by Gasteiger charge is -2.06. The molecule has 0 fully saturated rings. The summed E-state index contributed by atoms with van der Waals surface area (Å²) >= 11 is 0. The van der Waals surface area contributed by atoms with E-state index in [4.69, 9.17) is 4.74 Å². The molecule has 24 heavy (non-hydrogen) atoms. The summed E-state index contributed by atoms with van der Waals surface area (Å²) in [5.74, 6) is 0.483. The molecule has 0 aliphatic heterocycles. The highest BCUT2D eigenvalue weighted by Gasteiger charge is 2.14. The highest BCUT2D eigenvalue weighted by Crippen LogP contribution is 2.30. The standard InChI is InChI=1S/C18H16N3O3/c1-2-20-12-17(15-8-10-16(11-9-15)21(22)23)18(19-20)24-13-14-6-4-3-5-7-14/h3-12H,1-2,13H2. The Morgan fingerprint density at radius 2 is 1.83 bits per heavy atom. The van der Waals surface area contributed by atoms with Crippen molar-refractivity contribution < 1.29 is 9.66 Å². The third-order valence-electron chi connectivity index (χ3n) is 3.56. The second-order valence-electron chi connectivity index (χ2n) is 5.19. The molecule has 0 saturated carbocycles. The molecular formula is C18H16N3O3. The fraction of sp³-hybridized carbons (Fsp3) is 0.111. The maximum atomic E-state index is 10.8. The van der Waals surface area contributed by atoms with Crippen molar-refractivity contribution in [1.82, 2.24) is 9.78 Å². The molecule has 6 nitrogen and oxygen atoms in total. The van der Waals surface area contributed by atoms with Crippen LogP contribution < -0.4 is 4.74 Å². The van der Waals surface area contributed by atoms with Gasteiger partial charge in [0.15, 0.2) is 0 Å². The Hall–Kier alpha value is -3.15. The van der Waals surface area contributed by atoms with E-state index in [0.717, 1.165) is 16.7 Å². The number of ether oxygens (including phenoxy) is 1. The van der Waals surface area contributed by atoms with Crippen molar-refractivity contribution >= 4 is 5.69 Å². The van der Waals surface area contributed by atoms with Crippen LogP contribution in [-0.4, -0.2) is 14.7 Å². The van der Waals surface area contributed by atoms with E-state index in [0.29, 0.717) is 19.0 Å². The van der Waals surface area contributed by atoms with Crippen molar-refractivity contribution in [3.8, 4) is 17.0 Å². The van der Waals surface area contributed by atoms with Gasteiger partial charge < -0.3 is 4.74 Å². The number of hydrogen-bond acceptors (Lipinski definition) is 4. The van der Waals surface area contributed by atoms with Gasteiger partial charge in [-0.05, 0) is 30.2 Å². The highest BCUT2D eigenvalue weighted by atomic mass is 16.6. The Balaban J connectivity index is 1.86. The molecule has 0 spiro atoms. The zero-order chi connectivity index (χ0) is 16.9. The smallest absolute Gasteiger partial charge is 0.269 e. The molecule has 0 N–H and O–H groups in total. The maximum Gasteiger partial charge on any atom is 0.269 e. The number of nitro groups is 1. The lowest BCUT2D eigenvalue weighted by atomic mass is 10.1. The number of hydrogen-bond donors (Lipinski definition) is 0. The van der Waals surface area contributed by atoms with Crippen molar-refractivity contribution in [2.45, 2.75) is 13.2 Å². The van der Waals surface area contributed by atoms with Crippen LogP contribution in [0, 0.1) is 17.0 Å². The Labute approximate surface area is 139 Å². The monoisotopic (exact) mass is 322 g/mol. The topological polar surface area (TPSA) is 70.2 Å². The van der Waals surface area contributed by atoms with Crippen LogP contribution in [-0.2, 0) is 13.2 Å². The predicted octanol–water partition coefficient (Wildman–Crippen LogP) is 3.87. The summed E-state index contributed by atoms with van der Waals surface area (Å²) in [5, 5.41) is 15.2. The van der Waals surface area contributed by atoms with Gasteiger partial charge in [0.05, 0.1) is 10.5 Å². The Morgan fingerprint density at radius 1 is 1.12 bits per heavy atom. The minimum atomic E-state index is -0.421. The summed E-state index contributed by atoms with van der Waals surface area (Å²) in [7, 11) is 0. The normalized spacial score (nSPS) is 10.5. The van der Waals surface area contributed by atoms with Gasteiger partial charge in [-0.1, -0.05) is 30.3 Å². The van der Waals surface area contributed by atoms with Gasteiger partial charge in [0.1, 0.15) is 6.61 Å². The Kier molecular flexibility index (Phi) is 4.56. The fourth-order valence-electron chi connectivity index (χ4n) is 2.31. The summed E-state index contributed by atoms with van der Waals surface area (Å²) in [5.41, 5.74) is 2.68. The molecule has 0 bridgehead atoms. The molecule has 3 rings (SSSR count). The van der Waals surface area contributed by atoms with Gasteiger partial charge in [-0.25, -0.2) is 0 Å². The molecule has 2 aromatic carbocycles. The van der Waals surface area contributed by atoms with E-state index >= 15 is 0 Å². The van der Waals surface area contributed by atoms with Gasteiger partial charge >= 0.3 is 0 Å². The lowest BCUT2D eigenvalue weighted by molar-refractivity contribution is -0.384. The molecule has 0 saturated heterocycles. The molecule has 1 aromatic heterocycles. The van der Waals surface area contributed by atoms with Crippen LogP contribution in [0.3, 0.4) is 0 Å². The van der Waals surface area contributed by atoms with E-state index in [1.807, 2.05) is 36.5 Å². The molecule has 1 radical (unpaired) electrons. The van der Waals surface area contributed by atoms with Crippen molar-refractivity contribution in [1.29, 1.82) is 0 Å². The lowest BCUT2D eigenvalue weighted by Crippen LogP contribution is -1.98. The SMILES string of the molecule is [CH2]Cn1cc(-c2ccc([N+](=O)[O-])cc2)c(OCc2ccccc2)n1. The zero-order valence-corrected chi connectivity index (χ0v) is 13.0. The third-order valence-corrected chi connectivity index (χ3v) is 3.56. The van der Waals surface area contributed by atoms with Crippen LogP contribution in [0.1, 0.15) is 5.56 Å². The second-order valence-corrected chi connectivity index (χ2v) is 5.19. The van der Waals surface area contributed by atoms with E-state index < -0.39 is 4.92 Å². The van der Waals surface area contributed by atoms with Crippen molar-refractivity contribution in [2.75, 3.05) is 0 Å². The van der Waals surface area contributed by atoms with Crippen LogP contribution >= 0.6 is 0 Å². The summed E-state index contributed by atoms with van der Waals surface area (Å²) < 4.78 is 7.52. The Bertz CT molecular complexity index is 826. The number of non-ortho nitro benzene ring substituents is 1. The number of aromatic nitrogens is 2. The molecule has 0 aliphatic rings. The first kappa shape index (κ1) is 15.7. The van der Waals surface area contributed by atoms with Crippen LogP contribution in [0.4, 0.5) is 5.69 Å². The van der Waals surface area contributed by atoms with Gasteiger partial charge in [0, 0.05) is 24.9 Å². The number of nitro benzene ring substituents is 1. The minimum absolute atomic E-state index is 0.0510. The summed E-state index contributed by atoms with van der Waals surface area (Å²) in [4.78, 5) is 10.4. The van der Waals surface area contributed by atoms with Crippen LogP contribution in [0.25, 0.3) is 11.1 Å². The maximum absolute atomic E-state index is 10.8. The molecule has 121 valence electrons. The number of rotatable bonds is 6. The van der Waals surface area contributed by atoms with Crippen LogP contribution in [0.15, 0.2) is 60.8 Å². The van der Waals surface area contributed by atoms with E-state index in [-0.39, 0.29) is 5.69 Å². The summed E-state index contributed by atoms with van der Waals surface area (Å²) in [6.45, 7) is 4.68. The van der Waals surface area contributed by atoms with Crippen LogP contribution in [0.2, 0.25) is 0 Å². The largest absolute Gasteiger partial charge is 0.471 e. The zero-order valence-electron chi connectivity index (χ0n) is 13.0. The average molecular weight is 322 g/mol. The van der Waals surface area contributed by atoms with Crippen molar-refractivity contribution in [3.63, 3.8) is 0 Å². The molecule has 0 atom stereocenters. The molecule has 6 heteroatoms.